The van der Waals surface area contributed by atoms with Crippen molar-refractivity contribution in [2.75, 3.05) is 25.1 Å². The molecular formula is C16H22N2O3. The lowest BCUT2D eigenvalue weighted by Crippen LogP contribution is -2.43. The number of rotatable bonds is 4. The number of hydrogen-bond acceptors (Lipinski definition) is 4. The molecule has 114 valence electrons. The van der Waals surface area contributed by atoms with Crippen LogP contribution in [0.15, 0.2) is 24.3 Å². The van der Waals surface area contributed by atoms with Gasteiger partial charge in [-0.25, -0.2) is 0 Å². The first-order valence-corrected chi connectivity index (χ1v) is 7.70. The summed E-state index contributed by atoms with van der Waals surface area (Å²) in [5.74, 6) is 0.867. The number of nitrogens with one attached hydrogen (secondary N) is 2. The van der Waals surface area contributed by atoms with Gasteiger partial charge in [-0.15, -0.1) is 0 Å². The van der Waals surface area contributed by atoms with Crippen molar-refractivity contribution >= 4 is 11.6 Å². The van der Waals surface area contributed by atoms with Crippen molar-refractivity contribution in [2.24, 2.45) is 0 Å². The van der Waals surface area contributed by atoms with Crippen molar-refractivity contribution in [3.05, 3.63) is 24.3 Å². The third-order valence-electron chi connectivity index (χ3n) is 3.94. The zero-order valence-electron chi connectivity index (χ0n) is 12.1. The number of amides is 1. The predicted molar refractivity (Wildman–Crippen MR) is 80.6 cm³/mol. The largest absolute Gasteiger partial charge is 0.488 e. The fraction of sp³-hybridized carbons (Fsp3) is 0.562. The van der Waals surface area contributed by atoms with E-state index in [1.807, 2.05) is 24.3 Å². The lowest BCUT2D eigenvalue weighted by molar-refractivity contribution is -0.118. The second-order valence-corrected chi connectivity index (χ2v) is 5.62. The standard InChI is InChI=1S/C16H22N2O3/c19-16(15-3-1-2-9-17-15)18-12-4-6-13(7-5-12)21-14-8-10-20-11-14/h4-7,14-15,17H,1-3,8-11H2,(H,18,19). The molecule has 3 rings (SSSR count). The highest BCUT2D eigenvalue weighted by Crippen LogP contribution is 2.20. The molecule has 0 radical (unpaired) electrons. The van der Waals surface area contributed by atoms with Gasteiger partial charge in [0.05, 0.1) is 19.3 Å². The summed E-state index contributed by atoms with van der Waals surface area (Å²) in [7, 11) is 0. The molecule has 0 bridgehead atoms. The highest BCUT2D eigenvalue weighted by Gasteiger charge is 2.20. The molecule has 2 atom stereocenters. The summed E-state index contributed by atoms with van der Waals surface area (Å²) in [5, 5.41) is 6.20. The van der Waals surface area contributed by atoms with E-state index in [2.05, 4.69) is 10.6 Å². The average Bonchev–Trinajstić information content (AvgIpc) is 3.03. The molecule has 5 heteroatoms. The van der Waals surface area contributed by atoms with E-state index in [9.17, 15) is 4.79 Å². The molecule has 2 fully saturated rings. The first-order chi connectivity index (χ1) is 10.3. The molecular weight excluding hydrogens is 268 g/mol. The molecule has 0 spiro atoms. The Morgan fingerprint density at radius 3 is 2.76 bits per heavy atom. The van der Waals surface area contributed by atoms with Crippen LogP contribution in [0.4, 0.5) is 5.69 Å². The SMILES string of the molecule is O=C(Nc1ccc(OC2CCOC2)cc1)C1CCCCN1. The van der Waals surface area contributed by atoms with E-state index in [1.165, 1.54) is 0 Å². The second kappa shape index (κ2) is 6.91. The Hall–Kier alpha value is -1.59. The molecule has 0 saturated carbocycles. The maximum absolute atomic E-state index is 12.1. The summed E-state index contributed by atoms with van der Waals surface area (Å²) >= 11 is 0. The van der Waals surface area contributed by atoms with Gasteiger partial charge in [-0.3, -0.25) is 4.79 Å². The molecule has 1 amide bonds. The second-order valence-electron chi connectivity index (χ2n) is 5.62. The van der Waals surface area contributed by atoms with E-state index in [1.54, 1.807) is 0 Å². The third-order valence-corrected chi connectivity index (χ3v) is 3.94. The fourth-order valence-corrected chi connectivity index (χ4v) is 2.72. The molecule has 2 unspecified atom stereocenters. The summed E-state index contributed by atoms with van der Waals surface area (Å²) in [5.41, 5.74) is 0.808. The van der Waals surface area contributed by atoms with Gasteiger partial charge >= 0.3 is 0 Å². The molecule has 2 aliphatic heterocycles. The Kier molecular flexibility index (Phi) is 4.72. The van der Waals surface area contributed by atoms with E-state index in [-0.39, 0.29) is 18.1 Å². The minimum absolute atomic E-state index is 0.0487. The molecule has 2 heterocycles. The average molecular weight is 290 g/mol. The summed E-state index contributed by atoms with van der Waals surface area (Å²) in [6, 6.07) is 7.48. The normalized spacial score (nSPS) is 25.5. The number of piperidine rings is 1. The lowest BCUT2D eigenvalue weighted by Gasteiger charge is -2.22. The molecule has 2 saturated heterocycles. The van der Waals surface area contributed by atoms with Crippen LogP contribution in [0.2, 0.25) is 0 Å². The van der Waals surface area contributed by atoms with Crippen LogP contribution in [0.1, 0.15) is 25.7 Å². The first kappa shape index (κ1) is 14.4. The van der Waals surface area contributed by atoms with Gasteiger partial charge in [-0.1, -0.05) is 6.42 Å². The lowest BCUT2D eigenvalue weighted by atomic mass is 10.0. The van der Waals surface area contributed by atoms with Gasteiger partial charge in [0, 0.05) is 12.1 Å². The molecule has 1 aromatic carbocycles. The van der Waals surface area contributed by atoms with Gasteiger partial charge in [-0.2, -0.15) is 0 Å². The first-order valence-electron chi connectivity index (χ1n) is 7.70. The maximum Gasteiger partial charge on any atom is 0.241 e. The number of hydrogen-bond donors (Lipinski definition) is 2. The van der Waals surface area contributed by atoms with Crippen LogP contribution in [-0.4, -0.2) is 37.8 Å². The molecule has 5 nitrogen and oxygen atoms in total. The molecule has 2 N–H and O–H groups in total. The van der Waals surface area contributed by atoms with E-state index in [4.69, 9.17) is 9.47 Å². The molecule has 0 aliphatic carbocycles. The Labute approximate surface area is 125 Å². The molecule has 1 aromatic rings. The van der Waals surface area contributed by atoms with Crippen molar-refractivity contribution < 1.29 is 14.3 Å². The van der Waals surface area contributed by atoms with Crippen LogP contribution in [-0.2, 0) is 9.53 Å². The van der Waals surface area contributed by atoms with Gasteiger partial charge in [0.1, 0.15) is 11.9 Å². The smallest absolute Gasteiger partial charge is 0.241 e. The monoisotopic (exact) mass is 290 g/mol. The van der Waals surface area contributed by atoms with Crippen LogP contribution >= 0.6 is 0 Å². The maximum atomic E-state index is 12.1. The van der Waals surface area contributed by atoms with E-state index in [0.29, 0.717) is 6.61 Å². The number of anilines is 1. The van der Waals surface area contributed by atoms with Crippen molar-refractivity contribution in [1.29, 1.82) is 0 Å². The number of carbonyl (C=O) groups is 1. The van der Waals surface area contributed by atoms with E-state index >= 15 is 0 Å². The molecule has 2 aliphatic rings. The number of carbonyl (C=O) groups excluding carboxylic acids is 1. The number of benzene rings is 1. The quantitative estimate of drug-likeness (QED) is 0.889. The zero-order chi connectivity index (χ0) is 14.5. The topological polar surface area (TPSA) is 59.6 Å². The summed E-state index contributed by atoms with van der Waals surface area (Å²) in [6.07, 6.45) is 4.26. The van der Waals surface area contributed by atoms with Gasteiger partial charge < -0.3 is 20.1 Å². The van der Waals surface area contributed by atoms with Gasteiger partial charge in [0.25, 0.3) is 0 Å². The van der Waals surface area contributed by atoms with Crippen LogP contribution in [0.25, 0.3) is 0 Å². The number of ether oxygens (including phenoxy) is 2. The van der Waals surface area contributed by atoms with Crippen LogP contribution in [0.5, 0.6) is 5.75 Å². The highest BCUT2D eigenvalue weighted by atomic mass is 16.5. The predicted octanol–water partition coefficient (Wildman–Crippen LogP) is 1.93. The van der Waals surface area contributed by atoms with Crippen molar-refractivity contribution in [1.82, 2.24) is 5.32 Å². The van der Waals surface area contributed by atoms with Gasteiger partial charge in [-0.05, 0) is 43.7 Å². The summed E-state index contributed by atoms with van der Waals surface area (Å²) in [6.45, 7) is 2.35. The fourth-order valence-electron chi connectivity index (χ4n) is 2.72. The third kappa shape index (κ3) is 3.95. The van der Waals surface area contributed by atoms with Crippen LogP contribution < -0.4 is 15.4 Å². The van der Waals surface area contributed by atoms with Crippen LogP contribution in [0, 0.1) is 0 Å². The van der Waals surface area contributed by atoms with Crippen molar-refractivity contribution in [3.8, 4) is 5.75 Å². The minimum Gasteiger partial charge on any atom is -0.488 e. The Balaban J connectivity index is 1.52. The Morgan fingerprint density at radius 2 is 2.10 bits per heavy atom. The van der Waals surface area contributed by atoms with E-state index < -0.39 is 0 Å². The van der Waals surface area contributed by atoms with Crippen LogP contribution in [0.3, 0.4) is 0 Å². The van der Waals surface area contributed by atoms with Gasteiger partial charge in [0.2, 0.25) is 5.91 Å². The zero-order valence-corrected chi connectivity index (χ0v) is 12.1. The molecule has 21 heavy (non-hydrogen) atoms. The summed E-state index contributed by atoms with van der Waals surface area (Å²) < 4.78 is 11.1. The van der Waals surface area contributed by atoms with E-state index in [0.717, 1.165) is 50.3 Å². The van der Waals surface area contributed by atoms with Crippen molar-refractivity contribution in [2.45, 2.75) is 37.8 Å². The highest BCUT2D eigenvalue weighted by molar-refractivity contribution is 5.94. The summed E-state index contributed by atoms with van der Waals surface area (Å²) in [4.78, 5) is 12.1. The Morgan fingerprint density at radius 1 is 1.24 bits per heavy atom. The van der Waals surface area contributed by atoms with Gasteiger partial charge in [0.15, 0.2) is 0 Å². The van der Waals surface area contributed by atoms with Crippen molar-refractivity contribution in [3.63, 3.8) is 0 Å². The molecule has 0 aromatic heterocycles. The Bertz CT molecular complexity index is 463. The minimum atomic E-state index is -0.0645.